The molecule has 0 bridgehead atoms. The smallest absolute Gasteiger partial charge is 0.408 e. The molecular formula is C25H25N3O5. The Morgan fingerprint density at radius 3 is 2.09 bits per heavy atom. The molecule has 0 radical (unpaired) electrons. The molecule has 3 aromatic rings. The Balaban J connectivity index is 1.69. The Morgan fingerprint density at radius 1 is 0.879 bits per heavy atom. The number of carbonyl (C=O) groups is 2. The van der Waals surface area contributed by atoms with Crippen molar-refractivity contribution in [3.63, 3.8) is 0 Å². The van der Waals surface area contributed by atoms with E-state index in [1.54, 1.807) is 12.1 Å². The minimum absolute atomic E-state index is 0.0484. The molecule has 2 amide bonds. The number of carbonyl (C=O) groups excluding carboxylic acids is 2. The van der Waals surface area contributed by atoms with Crippen LogP contribution >= 0.6 is 0 Å². The first kappa shape index (κ1) is 23.5. The van der Waals surface area contributed by atoms with Crippen LogP contribution in [-0.4, -0.2) is 23.0 Å². The van der Waals surface area contributed by atoms with Gasteiger partial charge in [0.05, 0.1) is 11.0 Å². The van der Waals surface area contributed by atoms with Crippen molar-refractivity contribution in [3.05, 3.63) is 112 Å². The van der Waals surface area contributed by atoms with E-state index in [0.29, 0.717) is 5.56 Å². The number of hydrogen-bond acceptors (Lipinski definition) is 5. The van der Waals surface area contributed by atoms with Crippen LogP contribution in [0.15, 0.2) is 84.9 Å². The SMILES string of the molecule is C[C@@H](NC(=O)[C@H](Cc1ccc([N+](=O)[O-])cc1)NC(=O)OCc1ccccc1)c1ccccc1. The second kappa shape index (κ2) is 11.4. The highest BCUT2D eigenvalue weighted by Crippen LogP contribution is 2.15. The average Bonchev–Trinajstić information content (AvgIpc) is 2.83. The molecule has 0 heterocycles. The number of alkyl carbamates (subject to hydrolysis) is 1. The summed E-state index contributed by atoms with van der Waals surface area (Å²) in [5.41, 5.74) is 2.36. The maximum atomic E-state index is 13.0. The van der Waals surface area contributed by atoms with E-state index in [1.807, 2.05) is 67.6 Å². The molecule has 3 rings (SSSR count). The molecule has 33 heavy (non-hydrogen) atoms. The van der Waals surface area contributed by atoms with Gasteiger partial charge >= 0.3 is 6.09 Å². The summed E-state index contributed by atoms with van der Waals surface area (Å²) >= 11 is 0. The van der Waals surface area contributed by atoms with Crippen LogP contribution < -0.4 is 10.6 Å². The Morgan fingerprint density at radius 2 is 1.48 bits per heavy atom. The molecule has 0 spiro atoms. The molecule has 0 aromatic heterocycles. The zero-order chi connectivity index (χ0) is 23.6. The van der Waals surface area contributed by atoms with Crippen LogP contribution in [-0.2, 0) is 22.6 Å². The maximum Gasteiger partial charge on any atom is 0.408 e. The normalized spacial score (nSPS) is 12.3. The van der Waals surface area contributed by atoms with Crippen molar-refractivity contribution in [2.24, 2.45) is 0 Å². The van der Waals surface area contributed by atoms with Crippen molar-refractivity contribution in [2.45, 2.75) is 32.0 Å². The molecule has 8 nitrogen and oxygen atoms in total. The van der Waals surface area contributed by atoms with Gasteiger partial charge in [0.2, 0.25) is 5.91 Å². The molecule has 0 aliphatic carbocycles. The number of ether oxygens (including phenoxy) is 1. The van der Waals surface area contributed by atoms with E-state index in [4.69, 9.17) is 4.74 Å². The van der Waals surface area contributed by atoms with Gasteiger partial charge in [-0.3, -0.25) is 14.9 Å². The van der Waals surface area contributed by atoms with E-state index < -0.39 is 17.1 Å². The summed E-state index contributed by atoms with van der Waals surface area (Å²) in [4.78, 5) is 35.9. The van der Waals surface area contributed by atoms with Crippen molar-refractivity contribution in [2.75, 3.05) is 0 Å². The largest absolute Gasteiger partial charge is 0.445 e. The van der Waals surface area contributed by atoms with Crippen molar-refractivity contribution >= 4 is 17.7 Å². The molecule has 0 fully saturated rings. The monoisotopic (exact) mass is 447 g/mol. The van der Waals surface area contributed by atoms with Crippen LogP contribution in [0.25, 0.3) is 0 Å². The summed E-state index contributed by atoms with van der Waals surface area (Å²) in [6.07, 6.45) is -0.584. The second-order valence-electron chi connectivity index (χ2n) is 7.53. The maximum absolute atomic E-state index is 13.0. The highest BCUT2D eigenvalue weighted by Gasteiger charge is 2.24. The molecule has 170 valence electrons. The van der Waals surface area contributed by atoms with Gasteiger partial charge in [-0.2, -0.15) is 0 Å². The Kier molecular flexibility index (Phi) is 8.13. The summed E-state index contributed by atoms with van der Waals surface area (Å²) < 4.78 is 5.27. The van der Waals surface area contributed by atoms with Crippen molar-refractivity contribution in [1.29, 1.82) is 0 Å². The number of nitro benzene ring substituents is 1. The number of benzene rings is 3. The number of amides is 2. The number of rotatable bonds is 9. The van der Waals surface area contributed by atoms with E-state index in [2.05, 4.69) is 10.6 Å². The van der Waals surface area contributed by atoms with E-state index in [1.165, 1.54) is 12.1 Å². The van der Waals surface area contributed by atoms with Gasteiger partial charge in [0.1, 0.15) is 12.6 Å². The quantitative estimate of drug-likeness (QED) is 0.375. The van der Waals surface area contributed by atoms with Gasteiger partial charge in [-0.15, -0.1) is 0 Å². The van der Waals surface area contributed by atoms with Crippen molar-refractivity contribution < 1.29 is 19.2 Å². The Bertz CT molecular complexity index is 1070. The van der Waals surface area contributed by atoms with Crippen LogP contribution in [0.5, 0.6) is 0 Å². The third-order valence-corrected chi connectivity index (χ3v) is 5.07. The number of non-ortho nitro benzene ring substituents is 1. The average molecular weight is 447 g/mol. The third-order valence-electron chi connectivity index (χ3n) is 5.07. The summed E-state index contributed by atoms with van der Waals surface area (Å²) in [5, 5.41) is 16.4. The van der Waals surface area contributed by atoms with Gasteiger partial charge in [0.15, 0.2) is 0 Å². The van der Waals surface area contributed by atoms with Gasteiger partial charge < -0.3 is 15.4 Å². The summed E-state index contributed by atoms with van der Waals surface area (Å²) in [6.45, 7) is 1.92. The van der Waals surface area contributed by atoms with E-state index in [0.717, 1.165) is 11.1 Å². The van der Waals surface area contributed by atoms with Crippen LogP contribution in [0.3, 0.4) is 0 Å². The molecule has 0 aliphatic rings. The zero-order valence-corrected chi connectivity index (χ0v) is 18.1. The number of hydrogen-bond donors (Lipinski definition) is 2. The summed E-state index contributed by atoms with van der Waals surface area (Å²) in [6, 6.07) is 23.3. The van der Waals surface area contributed by atoms with Gasteiger partial charge in [-0.05, 0) is 23.6 Å². The lowest BCUT2D eigenvalue weighted by atomic mass is 10.0. The molecule has 0 aliphatic heterocycles. The Hall–Kier alpha value is -4.20. The van der Waals surface area contributed by atoms with Crippen molar-refractivity contribution in [3.8, 4) is 0 Å². The summed E-state index contributed by atoms with van der Waals surface area (Å²) in [5.74, 6) is -0.388. The first-order valence-corrected chi connectivity index (χ1v) is 10.5. The minimum Gasteiger partial charge on any atom is -0.445 e. The number of nitrogens with one attached hydrogen (secondary N) is 2. The predicted molar refractivity (Wildman–Crippen MR) is 123 cm³/mol. The second-order valence-corrected chi connectivity index (χ2v) is 7.53. The molecule has 0 saturated heterocycles. The molecule has 3 aromatic carbocycles. The van der Waals surface area contributed by atoms with Gasteiger partial charge in [0.25, 0.3) is 5.69 Å². The summed E-state index contributed by atoms with van der Waals surface area (Å²) in [7, 11) is 0. The van der Waals surface area contributed by atoms with Crippen LogP contribution in [0.1, 0.15) is 29.7 Å². The van der Waals surface area contributed by atoms with Gasteiger partial charge in [-0.1, -0.05) is 72.8 Å². The zero-order valence-electron chi connectivity index (χ0n) is 18.1. The molecule has 2 atom stereocenters. The van der Waals surface area contributed by atoms with Gasteiger partial charge in [-0.25, -0.2) is 4.79 Å². The predicted octanol–water partition coefficient (Wildman–Crippen LogP) is 4.31. The van der Waals surface area contributed by atoms with Crippen LogP contribution in [0, 0.1) is 10.1 Å². The van der Waals surface area contributed by atoms with Crippen LogP contribution in [0.4, 0.5) is 10.5 Å². The highest BCUT2D eigenvalue weighted by molar-refractivity contribution is 5.86. The fraction of sp³-hybridized carbons (Fsp3) is 0.200. The highest BCUT2D eigenvalue weighted by atomic mass is 16.6. The number of nitrogens with zero attached hydrogens (tertiary/aromatic N) is 1. The standard InChI is InChI=1S/C25H25N3O5/c1-18(21-10-6-3-7-11-21)26-24(29)23(16-19-12-14-22(15-13-19)28(31)32)27-25(30)33-17-20-8-4-2-5-9-20/h2-15,18,23H,16-17H2,1H3,(H,26,29)(H,27,30)/t18-,23+/m1/s1. The van der Waals surface area contributed by atoms with E-state index in [-0.39, 0.29) is 30.7 Å². The van der Waals surface area contributed by atoms with E-state index in [9.17, 15) is 19.7 Å². The topological polar surface area (TPSA) is 111 Å². The minimum atomic E-state index is -0.930. The third kappa shape index (κ3) is 7.17. The molecule has 8 heteroatoms. The Labute approximate surface area is 191 Å². The first-order valence-electron chi connectivity index (χ1n) is 10.5. The fourth-order valence-electron chi connectivity index (χ4n) is 3.24. The lowest BCUT2D eigenvalue weighted by Gasteiger charge is -2.21. The fourth-order valence-corrected chi connectivity index (χ4v) is 3.24. The van der Waals surface area contributed by atoms with Crippen LogP contribution in [0.2, 0.25) is 0 Å². The molecule has 0 unspecified atom stereocenters. The molecular weight excluding hydrogens is 422 g/mol. The van der Waals surface area contributed by atoms with E-state index >= 15 is 0 Å². The number of nitro groups is 1. The molecule has 0 saturated carbocycles. The lowest BCUT2D eigenvalue weighted by molar-refractivity contribution is -0.384. The lowest BCUT2D eigenvalue weighted by Crippen LogP contribution is -2.48. The first-order chi connectivity index (χ1) is 15.9. The van der Waals surface area contributed by atoms with Crippen molar-refractivity contribution in [1.82, 2.24) is 10.6 Å². The molecule has 2 N–H and O–H groups in total. The van der Waals surface area contributed by atoms with Gasteiger partial charge in [0, 0.05) is 18.6 Å².